The third kappa shape index (κ3) is 4.46. The first-order chi connectivity index (χ1) is 13.2. The molecule has 27 heavy (non-hydrogen) atoms. The number of rotatable bonds is 4. The summed E-state index contributed by atoms with van der Waals surface area (Å²) < 4.78 is 0. The van der Waals surface area contributed by atoms with E-state index < -0.39 is 11.8 Å². The van der Waals surface area contributed by atoms with Crippen LogP contribution >= 0.6 is 0 Å². The molecule has 7 nitrogen and oxygen atoms in total. The Balaban J connectivity index is 1.58. The number of aromatic nitrogens is 2. The number of H-pyrrole nitrogens is 1. The van der Waals surface area contributed by atoms with Gasteiger partial charge in [0.05, 0.1) is 17.3 Å². The number of carbonyl (C=O) groups excluding carboxylic acids is 2. The molecule has 1 aromatic heterocycles. The highest BCUT2D eigenvalue weighted by Crippen LogP contribution is 2.16. The molecule has 3 aromatic rings. The number of hydrazine groups is 1. The van der Waals surface area contributed by atoms with Gasteiger partial charge in [-0.05, 0) is 23.8 Å². The van der Waals surface area contributed by atoms with E-state index in [4.69, 9.17) is 5.26 Å². The Morgan fingerprint density at radius 1 is 1.04 bits per heavy atom. The van der Waals surface area contributed by atoms with Gasteiger partial charge in [-0.25, -0.2) is 0 Å². The average molecular weight is 357 g/mol. The first-order valence-electron chi connectivity index (χ1n) is 8.06. The van der Waals surface area contributed by atoms with Gasteiger partial charge in [-0.15, -0.1) is 0 Å². The second-order valence-electron chi connectivity index (χ2n) is 5.51. The fourth-order valence-electron chi connectivity index (χ4n) is 2.33. The molecule has 132 valence electrons. The minimum Gasteiger partial charge on any atom is -0.272 e. The molecule has 0 radical (unpaired) electrons. The van der Waals surface area contributed by atoms with E-state index in [1.165, 1.54) is 12.2 Å². The number of benzene rings is 2. The number of nitriles is 1. The lowest BCUT2D eigenvalue weighted by molar-refractivity contribution is -0.117. The number of hydrogen-bond acceptors (Lipinski definition) is 4. The molecule has 0 atom stereocenters. The normalized spacial score (nSPS) is 10.3. The Labute approximate surface area is 155 Å². The molecule has 3 rings (SSSR count). The van der Waals surface area contributed by atoms with E-state index in [1.807, 2.05) is 36.4 Å². The molecule has 0 unspecified atom stereocenters. The van der Waals surface area contributed by atoms with Crippen LogP contribution in [0.5, 0.6) is 0 Å². The monoisotopic (exact) mass is 357 g/mol. The zero-order chi connectivity index (χ0) is 19.1. The van der Waals surface area contributed by atoms with E-state index in [2.05, 4.69) is 21.0 Å². The van der Waals surface area contributed by atoms with Gasteiger partial charge >= 0.3 is 0 Å². The fourth-order valence-corrected chi connectivity index (χ4v) is 2.33. The van der Waals surface area contributed by atoms with E-state index in [9.17, 15) is 9.59 Å². The lowest BCUT2D eigenvalue weighted by atomic mass is 10.1. The Morgan fingerprint density at radius 2 is 1.78 bits per heavy atom. The van der Waals surface area contributed by atoms with Crippen LogP contribution in [-0.4, -0.2) is 22.0 Å². The van der Waals surface area contributed by atoms with Crippen molar-refractivity contribution in [2.75, 3.05) is 0 Å². The van der Waals surface area contributed by atoms with Gasteiger partial charge in [-0.1, -0.05) is 48.5 Å². The molecule has 3 N–H and O–H groups in total. The number of carbonyl (C=O) groups is 2. The summed E-state index contributed by atoms with van der Waals surface area (Å²) in [4.78, 5) is 24.0. The van der Waals surface area contributed by atoms with E-state index in [1.54, 1.807) is 30.3 Å². The molecule has 0 bridgehead atoms. The van der Waals surface area contributed by atoms with Gasteiger partial charge in [-0.3, -0.25) is 25.5 Å². The topological polar surface area (TPSA) is 111 Å². The van der Waals surface area contributed by atoms with Crippen LogP contribution in [0.1, 0.15) is 21.6 Å². The van der Waals surface area contributed by atoms with Crippen LogP contribution in [0.2, 0.25) is 0 Å². The van der Waals surface area contributed by atoms with Gasteiger partial charge < -0.3 is 0 Å². The van der Waals surface area contributed by atoms with E-state index >= 15 is 0 Å². The molecular weight excluding hydrogens is 342 g/mol. The number of nitrogens with zero attached hydrogens (tertiary/aromatic N) is 2. The van der Waals surface area contributed by atoms with Gasteiger partial charge in [-0.2, -0.15) is 10.4 Å². The number of amides is 2. The summed E-state index contributed by atoms with van der Waals surface area (Å²) in [5.41, 5.74) is 7.36. The van der Waals surface area contributed by atoms with Crippen molar-refractivity contribution in [2.45, 2.75) is 0 Å². The van der Waals surface area contributed by atoms with Crippen molar-refractivity contribution in [3.05, 3.63) is 83.6 Å². The summed E-state index contributed by atoms with van der Waals surface area (Å²) in [7, 11) is 0. The molecule has 1 heterocycles. The number of nitrogens with one attached hydrogen (secondary N) is 3. The van der Waals surface area contributed by atoms with Crippen LogP contribution in [0.15, 0.2) is 66.7 Å². The fraction of sp³-hybridized carbons (Fsp3) is 0. The minimum atomic E-state index is -0.529. The second kappa shape index (κ2) is 8.27. The summed E-state index contributed by atoms with van der Waals surface area (Å²) in [5.74, 6) is -1.05. The molecule has 0 aliphatic heterocycles. The SMILES string of the molecule is N#Cc1ccccc1/C=C/C(=O)NNC(=O)c1cc(-c2ccccc2)n[nH]1. The number of aromatic amines is 1. The molecule has 0 aliphatic rings. The predicted molar refractivity (Wildman–Crippen MR) is 99.8 cm³/mol. The summed E-state index contributed by atoms with van der Waals surface area (Å²) in [6.45, 7) is 0. The van der Waals surface area contributed by atoms with E-state index in [-0.39, 0.29) is 5.69 Å². The van der Waals surface area contributed by atoms with Gasteiger partial charge in [0, 0.05) is 11.6 Å². The quantitative estimate of drug-likeness (QED) is 0.492. The highest BCUT2D eigenvalue weighted by Gasteiger charge is 2.11. The standard InChI is InChI=1S/C20H15N5O2/c21-13-16-9-5-4-6-14(16)10-11-19(26)24-25-20(27)18-12-17(22-23-18)15-7-2-1-3-8-15/h1-12H,(H,22,23)(H,24,26)(H,25,27)/b11-10+. The predicted octanol–water partition coefficient (Wildman–Crippen LogP) is 2.42. The van der Waals surface area contributed by atoms with E-state index in [0.717, 1.165) is 5.56 Å². The van der Waals surface area contributed by atoms with Crippen molar-refractivity contribution in [2.24, 2.45) is 0 Å². The van der Waals surface area contributed by atoms with Crippen molar-refractivity contribution < 1.29 is 9.59 Å². The van der Waals surface area contributed by atoms with Crippen molar-refractivity contribution in [1.82, 2.24) is 21.0 Å². The maximum absolute atomic E-state index is 12.1. The Morgan fingerprint density at radius 3 is 2.56 bits per heavy atom. The van der Waals surface area contributed by atoms with Gasteiger partial charge in [0.25, 0.3) is 11.8 Å². The van der Waals surface area contributed by atoms with Crippen molar-refractivity contribution in [1.29, 1.82) is 5.26 Å². The smallest absolute Gasteiger partial charge is 0.272 e. The van der Waals surface area contributed by atoms with Crippen molar-refractivity contribution in [3.63, 3.8) is 0 Å². The highest BCUT2D eigenvalue weighted by atomic mass is 16.2. The number of hydrogen-bond donors (Lipinski definition) is 3. The van der Waals surface area contributed by atoms with Gasteiger partial charge in [0.15, 0.2) is 0 Å². The van der Waals surface area contributed by atoms with Crippen LogP contribution < -0.4 is 10.9 Å². The minimum absolute atomic E-state index is 0.216. The van der Waals surface area contributed by atoms with Crippen LogP contribution in [-0.2, 0) is 4.79 Å². The molecule has 0 aliphatic carbocycles. The Bertz CT molecular complexity index is 1030. The third-order valence-electron chi connectivity index (χ3n) is 3.69. The van der Waals surface area contributed by atoms with Crippen molar-refractivity contribution in [3.8, 4) is 17.3 Å². The van der Waals surface area contributed by atoms with Crippen LogP contribution in [0, 0.1) is 11.3 Å². The maximum Gasteiger partial charge on any atom is 0.287 e. The van der Waals surface area contributed by atoms with Crippen LogP contribution in [0.25, 0.3) is 17.3 Å². The lowest BCUT2D eigenvalue weighted by Gasteiger charge is -2.03. The summed E-state index contributed by atoms with van der Waals surface area (Å²) in [6.07, 6.45) is 2.74. The second-order valence-corrected chi connectivity index (χ2v) is 5.51. The maximum atomic E-state index is 12.1. The first-order valence-corrected chi connectivity index (χ1v) is 8.06. The molecule has 7 heteroatoms. The van der Waals surface area contributed by atoms with Gasteiger partial charge in [0.1, 0.15) is 5.69 Å². The molecular formula is C20H15N5O2. The van der Waals surface area contributed by atoms with E-state index in [0.29, 0.717) is 16.8 Å². The zero-order valence-corrected chi connectivity index (χ0v) is 14.1. The Kier molecular flexibility index (Phi) is 5.40. The zero-order valence-electron chi connectivity index (χ0n) is 14.1. The molecule has 0 fully saturated rings. The molecule has 0 saturated carbocycles. The lowest BCUT2D eigenvalue weighted by Crippen LogP contribution is -2.40. The average Bonchev–Trinajstić information content (AvgIpc) is 3.21. The highest BCUT2D eigenvalue weighted by molar-refractivity contribution is 5.97. The third-order valence-corrected chi connectivity index (χ3v) is 3.69. The summed E-state index contributed by atoms with van der Waals surface area (Å²) >= 11 is 0. The van der Waals surface area contributed by atoms with Crippen molar-refractivity contribution >= 4 is 17.9 Å². The largest absolute Gasteiger partial charge is 0.287 e. The molecule has 0 saturated heterocycles. The summed E-state index contributed by atoms with van der Waals surface area (Å²) in [6, 6.07) is 19.9. The van der Waals surface area contributed by atoms with Gasteiger partial charge in [0.2, 0.25) is 0 Å². The molecule has 2 amide bonds. The van der Waals surface area contributed by atoms with Crippen LogP contribution in [0.3, 0.4) is 0 Å². The first kappa shape index (κ1) is 17.6. The van der Waals surface area contributed by atoms with Crippen LogP contribution in [0.4, 0.5) is 0 Å². The Hall–Kier alpha value is -4.18. The molecule has 2 aromatic carbocycles. The summed E-state index contributed by atoms with van der Waals surface area (Å²) in [5, 5.41) is 15.7. The molecule has 0 spiro atoms.